The van der Waals surface area contributed by atoms with Gasteiger partial charge in [-0.3, -0.25) is 4.90 Å². The van der Waals surface area contributed by atoms with Crippen LogP contribution in [0.4, 0.5) is 0 Å². The van der Waals surface area contributed by atoms with Gasteiger partial charge in [0.1, 0.15) is 6.61 Å². The van der Waals surface area contributed by atoms with Gasteiger partial charge in [-0.15, -0.1) is 0 Å². The molecule has 0 bridgehead atoms. The van der Waals surface area contributed by atoms with Crippen molar-refractivity contribution >= 4 is 6.21 Å². The van der Waals surface area contributed by atoms with Crippen LogP contribution in [0.1, 0.15) is 6.92 Å². The third-order valence-corrected chi connectivity index (χ3v) is 1.78. The highest BCUT2D eigenvalue weighted by atomic mass is 16.6. The lowest BCUT2D eigenvalue weighted by Crippen LogP contribution is -2.38. The molecular formula is C8H16N2O2. The molecule has 0 saturated carbocycles. The predicted molar refractivity (Wildman–Crippen MR) is 47.4 cm³/mol. The van der Waals surface area contributed by atoms with Crippen molar-refractivity contribution in [2.24, 2.45) is 5.16 Å². The van der Waals surface area contributed by atoms with E-state index >= 15 is 0 Å². The van der Waals surface area contributed by atoms with Crippen LogP contribution in [0.3, 0.4) is 0 Å². The second-order valence-corrected chi connectivity index (χ2v) is 2.65. The Morgan fingerprint density at radius 3 is 2.92 bits per heavy atom. The Bertz CT molecular complexity index is 133. The molecule has 0 aromatic rings. The smallest absolute Gasteiger partial charge is 0.129 e. The van der Waals surface area contributed by atoms with Crippen molar-refractivity contribution in [1.82, 2.24) is 4.90 Å². The summed E-state index contributed by atoms with van der Waals surface area (Å²) in [6, 6.07) is 0. The van der Waals surface area contributed by atoms with Crippen molar-refractivity contribution in [2.75, 3.05) is 39.5 Å². The van der Waals surface area contributed by atoms with Gasteiger partial charge < -0.3 is 9.57 Å². The predicted octanol–water partition coefficient (Wildman–Crippen LogP) is 0.341. The van der Waals surface area contributed by atoms with Crippen molar-refractivity contribution < 1.29 is 9.57 Å². The third-order valence-electron chi connectivity index (χ3n) is 1.78. The summed E-state index contributed by atoms with van der Waals surface area (Å²) in [5.41, 5.74) is 0. The Balaban J connectivity index is 1.97. The molecule has 1 saturated heterocycles. The van der Waals surface area contributed by atoms with Crippen LogP contribution in [-0.2, 0) is 9.57 Å². The first kappa shape index (κ1) is 9.48. The van der Waals surface area contributed by atoms with Gasteiger partial charge in [-0.25, -0.2) is 0 Å². The summed E-state index contributed by atoms with van der Waals surface area (Å²) in [5.74, 6) is 0. The average Bonchev–Trinajstić information content (AvgIpc) is 2.14. The topological polar surface area (TPSA) is 34.1 Å². The summed E-state index contributed by atoms with van der Waals surface area (Å²) in [6.45, 7) is 7.17. The molecule has 0 amide bonds. The lowest BCUT2D eigenvalue weighted by Gasteiger charge is -2.25. The Morgan fingerprint density at radius 2 is 2.25 bits per heavy atom. The van der Waals surface area contributed by atoms with Crippen LogP contribution in [0, 0.1) is 0 Å². The highest BCUT2D eigenvalue weighted by Gasteiger charge is 2.08. The molecular weight excluding hydrogens is 156 g/mol. The Labute approximate surface area is 73.1 Å². The summed E-state index contributed by atoms with van der Waals surface area (Å²) in [6.07, 6.45) is 1.65. The lowest BCUT2D eigenvalue weighted by atomic mass is 10.4. The zero-order valence-electron chi connectivity index (χ0n) is 7.53. The van der Waals surface area contributed by atoms with E-state index in [9.17, 15) is 0 Å². The van der Waals surface area contributed by atoms with E-state index in [4.69, 9.17) is 9.57 Å². The van der Waals surface area contributed by atoms with E-state index < -0.39 is 0 Å². The molecule has 4 heteroatoms. The molecule has 0 radical (unpaired) electrons. The standard InChI is InChI=1S/C8H16N2O2/c1-2-9-12-8-5-10-3-6-11-7-4-10/h2H,3-8H2,1H3. The van der Waals surface area contributed by atoms with E-state index in [1.807, 2.05) is 6.92 Å². The summed E-state index contributed by atoms with van der Waals surface area (Å²) >= 11 is 0. The van der Waals surface area contributed by atoms with Crippen molar-refractivity contribution in [1.29, 1.82) is 0 Å². The monoisotopic (exact) mass is 172 g/mol. The summed E-state index contributed by atoms with van der Waals surface area (Å²) in [7, 11) is 0. The average molecular weight is 172 g/mol. The highest BCUT2D eigenvalue weighted by molar-refractivity contribution is 5.52. The van der Waals surface area contributed by atoms with E-state index in [-0.39, 0.29) is 0 Å². The highest BCUT2D eigenvalue weighted by Crippen LogP contribution is 1.95. The van der Waals surface area contributed by atoms with Crippen LogP contribution in [0.25, 0.3) is 0 Å². The zero-order valence-corrected chi connectivity index (χ0v) is 7.53. The van der Waals surface area contributed by atoms with Crippen LogP contribution in [0.2, 0.25) is 0 Å². The van der Waals surface area contributed by atoms with Gasteiger partial charge in [-0.05, 0) is 6.92 Å². The molecule has 0 atom stereocenters. The second-order valence-electron chi connectivity index (χ2n) is 2.65. The summed E-state index contributed by atoms with van der Waals surface area (Å²) in [4.78, 5) is 7.29. The molecule has 1 aliphatic heterocycles. The molecule has 0 aliphatic carbocycles. The molecule has 1 fully saturated rings. The van der Waals surface area contributed by atoms with Crippen LogP contribution in [0.15, 0.2) is 5.16 Å². The van der Waals surface area contributed by atoms with Crippen LogP contribution in [-0.4, -0.2) is 50.6 Å². The molecule has 1 heterocycles. The summed E-state index contributed by atoms with van der Waals surface area (Å²) in [5, 5.41) is 3.67. The molecule has 0 aromatic heterocycles. The van der Waals surface area contributed by atoms with E-state index in [0.717, 1.165) is 32.8 Å². The van der Waals surface area contributed by atoms with Gasteiger partial charge in [-0.1, -0.05) is 5.16 Å². The first-order valence-corrected chi connectivity index (χ1v) is 4.33. The number of hydrogen-bond donors (Lipinski definition) is 0. The minimum Gasteiger partial charge on any atom is -0.395 e. The molecule has 1 aliphatic rings. The summed E-state index contributed by atoms with van der Waals surface area (Å²) < 4.78 is 5.22. The Kier molecular flexibility index (Phi) is 4.71. The molecule has 0 N–H and O–H groups in total. The molecule has 0 aromatic carbocycles. The maximum absolute atomic E-state index is 5.22. The zero-order chi connectivity index (χ0) is 8.65. The largest absolute Gasteiger partial charge is 0.395 e. The van der Waals surface area contributed by atoms with Crippen LogP contribution >= 0.6 is 0 Å². The maximum Gasteiger partial charge on any atom is 0.129 e. The number of morpholine rings is 1. The van der Waals surface area contributed by atoms with Crippen molar-refractivity contribution in [2.45, 2.75) is 6.92 Å². The minimum atomic E-state index is 0.671. The van der Waals surface area contributed by atoms with Gasteiger partial charge in [0.2, 0.25) is 0 Å². The fourth-order valence-corrected chi connectivity index (χ4v) is 1.12. The van der Waals surface area contributed by atoms with Gasteiger partial charge in [0, 0.05) is 25.8 Å². The van der Waals surface area contributed by atoms with Crippen molar-refractivity contribution in [3.63, 3.8) is 0 Å². The first-order valence-electron chi connectivity index (χ1n) is 4.33. The minimum absolute atomic E-state index is 0.671. The van der Waals surface area contributed by atoms with E-state index in [2.05, 4.69) is 10.1 Å². The molecule has 0 unspecified atom stereocenters. The SMILES string of the molecule is CC=NOCCN1CCOCC1. The molecule has 12 heavy (non-hydrogen) atoms. The molecule has 70 valence electrons. The van der Waals surface area contributed by atoms with Crippen LogP contribution < -0.4 is 0 Å². The Morgan fingerprint density at radius 1 is 1.50 bits per heavy atom. The quantitative estimate of drug-likeness (QED) is 0.348. The third kappa shape index (κ3) is 3.69. The van der Waals surface area contributed by atoms with Crippen molar-refractivity contribution in [3.8, 4) is 0 Å². The second kappa shape index (κ2) is 5.97. The Hall–Kier alpha value is -0.610. The van der Waals surface area contributed by atoms with Crippen molar-refractivity contribution in [3.05, 3.63) is 0 Å². The fraction of sp³-hybridized carbons (Fsp3) is 0.875. The van der Waals surface area contributed by atoms with Gasteiger partial charge >= 0.3 is 0 Å². The molecule has 4 nitrogen and oxygen atoms in total. The maximum atomic E-state index is 5.22. The lowest BCUT2D eigenvalue weighted by molar-refractivity contribution is 0.0213. The van der Waals surface area contributed by atoms with Gasteiger partial charge in [0.05, 0.1) is 13.2 Å². The molecule has 1 rings (SSSR count). The number of hydrogen-bond acceptors (Lipinski definition) is 4. The fourth-order valence-electron chi connectivity index (χ4n) is 1.12. The number of nitrogens with zero attached hydrogens (tertiary/aromatic N) is 2. The van der Waals surface area contributed by atoms with E-state index in [0.29, 0.717) is 6.61 Å². The van der Waals surface area contributed by atoms with Gasteiger partial charge in [0.25, 0.3) is 0 Å². The normalized spacial score (nSPS) is 20.1. The van der Waals surface area contributed by atoms with Crippen LogP contribution in [0.5, 0.6) is 0 Å². The number of ether oxygens (including phenoxy) is 1. The number of oxime groups is 1. The van der Waals surface area contributed by atoms with Gasteiger partial charge in [0.15, 0.2) is 0 Å². The van der Waals surface area contributed by atoms with E-state index in [1.165, 1.54) is 0 Å². The van der Waals surface area contributed by atoms with E-state index in [1.54, 1.807) is 6.21 Å². The number of rotatable bonds is 4. The first-order chi connectivity index (χ1) is 5.93. The van der Waals surface area contributed by atoms with Gasteiger partial charge in [-0.2, -0.15) is 0 Å². The molecule has 0 spiro atoms.